The number of aliphatic carboxylic acids is 1. The molecule has 252 valence electrons. The van der Waals surface area contributed by atoms with Crippen LogP contribution in [0.15, 0.2) is 30.3 Å². The van der Waals surface area contributed by atoms with Crippen LogP contribution in [-0.4, -0.2) is 97.9 Å². The van der Waals surface area contributed by atoms with Crippen molar-refractivity contribution in [3.05, 3.63) is 35.9 Å². The van der Waals surface area contributed by atoms with Crippen LogP contribution in [0.25, 0.3) is 0 Å². The van der Waals surface area contributed by atoms with Crippen LogP contribution < -0.4 is 43.4 Å². The smallest absolute Gasteiger partial charge is 0.312 e. The third-order valence-electron chi connectivity index (χ3n) is 6.16. The molecule has 0 aliphatic rings. The van der Waals surface area contributed by atoms with Crippen molar-refractivity contribution >= 4 is 41.4 Å². The second kappa shape index (κ2) is 23.8. The summed E-state index contributed by atoms with van der Waals surface area (Å²) in [5.74, 6) is -4.21. The molecule has 1 aromatic rings. The lowest BCUT2D eigenvalue weighted by Crippen LogP contribution is -2.53. The van der Waals surface area contributed by atoms with Gasteiger partial charge < -0.3 is 43.2 Å². The van der Waals surface area contributed by atoms with Gasteiger partial charge in [0.25, 0.3) is 0 Å². The first kappa shape index (κ1) is 40.4. The van der Waals surface area contributed by atoms with Crippen molar-refractivity contribution < 1.29 is 38.7 Å². The third-order valence-corrected chi connectivity index (χ3v) is 6.16. The van der Waals surface area contributed by atoms with Gasteiger partial charge in [0.15, 0.2) is 5.78 Å². The van der Waals surface area contributed by atoms with Crippen molar-refractivity contribution in [1.29, 1.82) is 0 Å². The summed E-state index contributed by atoms with van der Waals surface area (Å²) in [5.41, 5.74) is 11.8. The summed E-state index contributed by atoms with van der Waals surface area (Å²) >= 11 is 0. The van der Waals surface area contributed by atoms with E-state index < -0.39 is 60.8 Å². The summed E-state index contributed by atoms with van der Waals surface area (Å²) < 4.78 is 0. The Hall–Kier alpha value is -4.57. The fourth-order valence-electron chi connectivity index (χ4n) is 3.87. The number of unbranched alkanes of at least 4 members (excludes halogenated alkanes) is 1. The molecular formula is C29H48N8O8. The molecule has 1 rings (SSSR count). The van der Waals surface area contributed by atoms with Gasteiger partial charge in [-0.05, 0) is 45.6 Å². The normalized spacial score (nSPS) is 12.2. The molecule has 0 aromatic heterocycles. The van der Waals surface area contributed by atoms with Gasteiger partial charge in [0.05, 0.1) is 31.6 Å². The molecule has 3 atom stereocenters. The SMILES string of the molecule is CNC(=O)C(CC(=O)O)NC(=O)CNC(=O)C(CCCNC(N)=O)NCC(=O)C(CCCCN)NC(C)=O.Cc1ccccc1. The van der Waals surface area contributed by atoms with E-state index in [4.69, 9.17) is 16.6 Å². The summed E-state index contributed by atoms with van der Waals surface area (Å²) in [4.78, 5) is 82.8. The molecule has 45 heavy (non-hydrogen) atoms. The molecule has 3 unspecified atom stereocenters. The molecule has 16 heteroatoms. The van der Waals surface area contributed by atoms with Crippen LogP contribution in [0.1, 0.15) is 51.0 Å². The minimum absolute atomic E-state index is 0.152. The number of nitrogens with two attached hydrogens (primary N) is 2. The minimum atomic E-state index is -1.33. The summed E-state index contributed by atoms with van der Waals surface area (Å²) in [7, 11) is 1.28. The first-order chi connectivity index (χ1) is 21.3. The fraction of sp³-hybridized carbons (Fsp3) is 0.552. The van der Waals surface area contributed by atoms with Gasteiger partial charge in [0.1, 0.15) is 6.04 Å². The highest BCUT2D eigenvalue weighted by atomic mass is 16.4. The highest BCUT2D eigenvalue weighted by Crippen LogP contribution is 2.04. The molecule has 11 N–H and O–H groups in total. The van der Waals surface area contributed by atoms with Crippen molar-refractivity contribution in [3.8, 4) is 0 Å². The van der Waals surface area contributed by atoms with Crippen LogP contribution in [0, 0.1) is 6.92 Å². The van der Waals surface area contributed by atoms with Crippen LogP contribution >= 0.6 is 0 Å². The van der Waals surface area contributed by atoms with E-state index in [-0.39, 0.29) is 31.2 Å². The second-order valence-corrected chi connectivity index (χ2v) is 10.1. The average Bonchev–Trinajstić information content (AvgIpc) is 2.98. The molecule has 0 aliphatic carbocycles. The van der Waals surface area contributed by atoms with E-state index in [2.05, 4.69) is 51.0 Å². The molecule has 0 spiro atoms. The van der Waals surface area contributed by atoms with Gasteiger partial charge in [-0.15, -0.1) is 0 Å². The van der Waals surface area contributed by atoms with Gasteiger partial charge in [-0.2, -0.15) is 0 Å². The molecule has 0 saturated carbocycles. The quantitative estimate of drug-likeness (QED) is 0.0741. The summed E-state index contributed by atoms with van der Waals surface area (Å²) in [6.07, 6.45) is 1.46. The van der Waals surface area contributed by atoms with Gasteiger partial charge in [-0.3, -0.25) is 34.1 Å². The number of primary amides is 1. The number of carbonyl (C=O) groups excluding carboxylic acids is 6. The maximum Gasteiger partial charge on any atom is 0.312 e. The predicted molar refractivity (Wildman–Crippen MR) is 167 cm³/mol. The summed E-state index contributed by atoms with van der Waals surface area (Å²) in [6, 6.07) is 6.45. The standard InChI is InChI=1S/C22H40N8O8.C7H8/c1-13(31)29-14(6-3-4-8-23)17(32)11-27-15(7-5-9-26-22(24)38)21(37)28-12-18(33)30-16(10-19(34)35)20(36)25-2;1-7-5-3-2-4-6-7/h14-16,27H,3-12,23H2,1-2H3,(H,25,36)(H,28,37)(H,29,31)(H,30,33)(H,34,35)(H3,24,26,38);2-6H,1H3. The van der Waals surface area contributed by atoms with E-state index in [1.54, 1.807) is 0 Å². The number of aryl methyl sites for hydroxylation is 1. The number of ketones is 1. The molecule has 0 radical (unpaired) electrons. The van der Waals surface area contributed by atoms with Crippen molar-refractivity contribution in [2.24, 2.45) is 11.5 Å². The highest BCUT2D eigenvalue weighted by molar-refractivity contribution is 5.93. The fourth-order valence-corrected chi connectivity index (χ4v) is 3.87. The minimum Gasteiger partial charge on any atom is -0.481 e. The maximum atomic E-state index is 12.8. The van der Waals surface area contributed by atoms with Crippen molar-refractivity contribution in [2.45, 2.75) is 70.5 Å². The van der Waals surface area contributed by atoms with Gasteiger partial charge in [-0.25, -0.2) is 4.79 Å². The molecule has 6 amide bonds. The number of likely N-dealkylation sites (N-methyl/N-ethyl adjacent to an activating group) is 1. The monoisotopic (exact) mass is 636 g/mol. The molecule has 0 bridgehead atoms. The number of hydrogen-bond acceptors (Lipinski definition) is 9. The van der Waals surface area contributed by atoms with Gasteiger partial charge >= 0.3 is 12.0 Å². The number of hydrogen-bond donors (Lipinski definition) is 9. The Morgan fingerprint density at radius 2 is 1.47 bits per heavy atom. The lowest BCUT2D eigenvalue weighted by atomic mass is 10.0. The predicted octanol–water partition coefficient (Wildman–Crippen LogP) is -1.59. The number of carboxylic acid groups (broad SMARTS) is 1. The number of Topliss-reactive ketones (excluding diaryl/α,β-unsaturated/α-hetero) is 1. The second-order valence-electron chi connectivity index (χ2n) is 10.1. The number of nitrogens with one attached hydrogen (secondary N) is 6. The van der Waals surface area contributed by atoms with E-state index in [1.165, 1.54) is 19.5 Å². The lowest BCUT2D eigenvalue weighted by molar-refractivity contribution is -0.140. The third kappa shape index (κ3) is 20.9. The molecule has 16 nitrogen and oxygen atoms in total. The van der Waals surface area contributed by atoms with Crippen LogP contribution in [-0.2, 0) is 28.8 Å². The number of rotatable bonds is 20. The first-order valence-corrected chi connectivity index (χ1v) is 14.6. The Morgan fingerprint density at radius 3 is 1.98 bits per heavy atom. The zero-order chi connectivity index (χ0) is 34.2. The maximum absolute atomic E-state index is 12.8. The summed E-state index contributed by atoms with van der Waals surface area (Å²) in [5, 5.41) is 23.6. The number of carbonyl (C=O) groups is 7. The van der Waals surface area contributed by atoms with E-state index in [1.807, 2.05) is 18.2 Å². The van der Waals surface area contributed by atoms with Crippen molar-refractivity contribution in [2.75, 3.05) is 33.2 Å². The topological polar surface area (TPSA) is 264 Å². The molecule has 0 heterocycles. The Balaban J connectivity index is 0.00000241. The molecule has 1 aromatic carbocycles. The number of urea groups is 1. The zero-order valence-corrected chi connectivity index (χ0v) is 26.1. The Labute approximate surface area is 263 Å². The van der Waals surface area contributed by atoms with Crippen molar-refractivity contribution in [3.63, 3.8) is 0 Å². The first-order valence-electron chi connectivity index (χ1n) is 14.6. The van der Waals surface area contributed by atoms with Gasteiger partial charge in [0.2, 0.25) is 23.6 Å². The summed E-state index contributed by atoms with van der Waals surface area (Å²) in [6.45, 7) is 3.14. The zero-order valence-electron chi connectivity index (χ0n) is 26.1. The average molecular weight is 637 g/mol. The molecule has 0 fully saturated rings. The van der Waals surface area contributed by atoms with E-state index >= 15 is 0 Å². The highest BCUT2D eigenvalue weighted by Gasteiger charge is 2.25. The number of amides is 6. The Bertz CT molecular complexity index is 1100. The lowest BCUT2D eigenvalue weighted by Gasteiger charge is -2.21. The van der Waals surface area contributed by atoms with Crippen LogP contribution in [0.2, 0.25) is 0 Å². The van der Waals surface area contributed by atoms with E-state index in [9.17, 15) is 33.6 Å². The molecular weight excluding hydrogens is 588 g/mol. The molecule has 0 saturated heterocycles. The van der Waals surface area contributed by atoms with Crippen LogP contribution in [0.3, 0.4) is 0 Å². The van der Waals surface area contributed by atoms with Gasteiger partial charge in [0, 0.05) is 20.5 Å². The number of benzene rings is 1. The van der Waals surface area contributed by atoms with E-state index in [0.717, 1.165) is 0 Å². The largest absolute Gasteiger partial charge is 0.481 e. The van der Waals surface area contributed by atoms with Crippen molar-refractivity contribution in [1.82, 2.24) is 31.9 Å². The van der Waals surface area contributed by atoms with Crippen LogP contribution in [0.4, 0.5) is 4.79 Å². The molecule has 0 aliphatic heterocycles. The van der Waals surface area contributed by atoms with Gasteiger partial charge in [-0.1, -0.05) is 35.9 Å². The Kier molecular flexibility index (Phi) is 21.4. The number of carboxylic acids is 1. The Morgan fingerprint density at radius 1 is 0.822 bits per heavy atom. The van der Waals surface area contributed by atoms with Crippen LogP contribution in [0.5, 0.6) is 0 Å². The van der Waals surface area contributed by atoms with E-state index in [0.29, 0.717) is 32.2 Å².